The zero-order valence-corrected chi connectivity index (χ0v) is 17.8. The number of fused-ring (bicyclic) bond motifs is 1. The topological polar surface area (TPSA) is 122 Å². The predicted molar refractivity (Wildman–Crippen MR) is 114 cm³/mol. The Labute approximate surface area is 185 Å². The van der Waals surface area contributed by atoms with Crippen LogP contribution in [0.3, 0.4) is 0 Å². The number of unbranched alkanes of at least 4 members (excludes halogenated alkanes) is 2. The quantitative estimate of drug-likeness (QED) is 0.338. The van der Waals surface area contributed by atoms with Crippen LogP contribution in [0.1, 0.15) is 66.2 Å². The first kappa shape index (κ1) is 23.0. The lowest BCUT2D eigenvalue weighted by Gasteiger charge is -2.28. The number of imide groups is 2. The molecule has 0 spiro atoms. The summed E-state index contributed by atoms with van der Waals surface area (Å²) in [6.45, 7) is 1.63. The summed E-state index contributed by atoms with van der Waals surface area (Å²) in [4.78, 5) is 62.1. The standard InChI is InChI=1S/C23H25N3O6/c1-3-4-5-6-8-15(13-24-14(2)27)32-18-10-7-9-16-20(18)23(31)26(22(16)30)17-11-12-19(28)25-21(17)29/h1,7,9-10,15,17H,4-6,8,11-13H2,2H3,(H,24,27)(H,25,28,29). The van der Waals surface area contributed by atoms with Crippen molar-refractivity contribution in [2.24, 2.45) is 0 Å². The van der Waals surface area contributed by atoms with Crippen LogP contribution < -0.4 is 15.4 Å². The van der Waals surface area contributed by atoms with Gasteiger partial charge in [0.25, 0.3) is 11.8 Å². The molecule has 1 aromatic carbocycles. The van der Waals surface area contributed by atoms with Crippen LogP contribution in [0, 0.1) is 12.3 Å². The van der Waals surface area contributed by atoms with Crippen LogP contribution in [0.4, 0.5) is 0 Å². The van der Waals surface area contributed by atoms with E-state index in [1.54, 1.807) is 12.1 Å². The number of nitrogens with zero attached hydrogens (tertiary/aromatic N) is 1. The lowest BCUT2D eigenvalue weighted by molar-refractivity contribution is -0.136. The molecule has 0 radical (unpaired) electrons. The fourth-order valence-electron chi connectivity index (χ4n) is 3.82. The second-order valence-electron chi connectivity index (χ2n) is 7.75. The van der Waals surface area contributed by atoms with Crippen molar-refractivity contribution in [3.05, 3.63) is 29.3 Å². The number of hydrogen-bond donors (Lipinski definition) is 2. The minimum Gasteiger partial charge on any atom is -0.488 e. The Morgan fingerprint density at radius 1 is 1.28 bits per heavy atom. The van der Waals surface area contributed by atoms with E-state index in [-0.39, 0.29) is 42.2 Å². The lowest BCUT2D eigenvalue weighted by atomic mass is 10.0. The number of carbonyl (C=O) groups excluding carboxylic acids is 5. The van der Waals surface area contributed by atoms with Gasteiger partial charge in [0.05, 0.1) is 17.7 Å². The lowest BCUT2D eigenvalue weighted by Crippen LogP contribution is -2.54. The summed E-state index contributed by atoms with van der Waals surface area (Å²) in [6, 6.07) is 3.64. The summed E-state index contributed by atoms with van der Waals surface area (Å²) < 4.78 is 6.07. The number of hydrogen-bond acceptors (Lipinski definition) is 6. The van der Waals surface area contributed by atoms with E-state index in [0.717, 1.165) is 17.7 Å². The summed E-state index contributed by atoms with van der Waals surface area (Å²) in [5.41, 5.74) is 0.224. The predicted octanol–water partition coefficient (Wildman–Crippen LogP) is 1.16. The second kappa shape index (κ2) is 10.1. The highest BCUT2D eigenvalue weighted by molar-refractivity contribution is 6.24. The number of amides is 5. The zero-order valence-electron chi connectivity index (χ0n) is 17.8. The summed E-state index contributed by atoms with van der Waals surface area (Å²) in [6.07, 6.45) is 7.75. The first-order chi connectivity index (χ1) is 15.3. The summed E-state index contributed by atoms with van der Waals surface area (Å²) in [5.74, 6) is 0.233. The Morgan fingerprint density at radius 3 is 2.75 bits per heavy atom. The molecule has 32 heavy (non-hydrogen) atoms. The molecule has 9 nitrogen and oxygen atoms in total. The van der Waals surface area contributed by atoms with Crippen LogP contribution in [0.2, 0.25) is 0 Å². The van der Waals surface area contributed by atoms with Gasteiger partial charge < -0.3 is 10.1 Å². The molecule has 1 saturated heterocycles. The zero-order chi connectivity index (χ0) is 23.3. The van der Waals surface area contributed by atoms with E-state index >= 15 is 0 Å². The molecule has 2 aliphatic heterocycles. The molecule has 1 aromatic rings. The van der Waals surface area contributed by atoms with Crippen molar-refractivity contribution in [1.29, 1.82) is 0 Å². The first-order valence-electron chi connectivity index (χ1n) is 10.5. The van der Waals surface area contributed by atoms with Crippen LogP contribution in [-0.2, 0) is 14.4 Å². The van der Waals surface area contributed by atoms with Crippen molar-refractivity contribution >= 4 is 29.5 Å². The number of ether oxygens (including phenoxy) is 1. The minimum atomic E-state index is -1.05. The molecule has 2 heterocycles. The van der Waals surface area contributed by atoms with E-state index in [1.807, 2.05) is 0 Å². The Balaban J connectivity index is 1.82. The van der Waals surface area contributed by atoms with Gasteiger partial charge in [-0.05, 0) is 37.8 Å². The number of piperidine rings is 1. The molecule has 9 heteroatoms. The molecule has 2 N–H and O–H groups in total. The average Bonchev–Trinajstić information content (AvgIpc) is 3.00. The molecule has 2 unspecified atom stereocenters. The third-order valence-corrected chi connectivity index (χ3v) is 5.40. The fourth-order valence-corrected chi connectivity index (χ4v) is 3.82. The van der Waals surface area contributed by atoms with E-state index in [9.17, 15) is 24.0 Å². The van der Waals surface area contributed by atoms with Crippen molar-refractivity contribution in [3.63, 3.8) is 0 Å². The van der Waals surface area contributed by atoms with Crippen LogP contribution >= 0.6 is 0 Å². The van der Waals surface area contributed by atoms with Gasteiger partial charge in [-0.1, -0.05) is 6.07 Å². The SMILES string of the molecule is C#CCCCCC(CNC(C)=O)Oc1cccc2c1C(=O)N(C1CCC(=O)NC1=O)C2=O. The van der Waals surface area contributed by atoms with Gasteiger partial charge in [0.15, 0.2) is 0 Å². The van der Waals surface area contributed by atoms with Crippen LogP contribution in [-0.4, -0.2) is 53.1 Å². The van der Waals surface area contributed by atoms with Gasteiger partial charge in [0, 0.05) is 19.8 Å². The maximum absolute atomic E-state index is 13.2. The summed E-state index contributed by atoms with van der Waals surface area (Å²) >= 11 is 0. The normalized spacial score (nSPS) is 18.6. The maximum atomic E-state index is 13.2. The smallest absolute Gasteiger partial charge is 0.266 e. The highest BCUT2D eigenvalue weighted by atomic mass is 16.5. The van der Waals surface area contributed by atoms with Gasteiger partial charge in [-0.2, -0.15) is 0 Å². The molecule has 2 atom stereocenters. The van der Waals surface area contributed by atoms with Crippen LogP contribution in [0.15, 0.2) is 18.2 Å². The molecule has 5 amide bonds. The van der Waals surface area contributed by atoms with Crippen molar-refractivity contribution in [1.82, 2.24) is 15.5 Å². The molecule has 0 aliphatic carbocycles. The van der Waals surface area contributed by atoms with E-state index in [1.165, 1.54) is 13.0 Å². The minimum absolute atomic E-state index is 0.0453. The van der Waals surface area contributed by atoms with E-state index < -0.39 is 35.8 Å². The molecular formula is C23H25N3O6. The molecule has 168 valence electrons. The number of benzene rings is 1. The van der Waals surface area contributed by atoms with Gasteiger partial charge >= 0.3 is 0 Å². The maximum Gasteiger partial charge on any atom is 0.266 e. The molecular weight excluding hydrogens is 414 g/mol. The van der Waals surface area contributed by atoms with Crippen molar-refractivity contribution in [2.75, 3.05) is 6.54 Å². The van der Waals surface area contributed by atoms with E-state index in [0.29, 0.717) is 12.8 Å². The molecule has 3 rings (SSSR count). The third kappa shape index (κ3) is 4.97. The summed E-state index contributed by atoms with van der Waals surface area (Å²) in [7, 11) is 0. The van der Waals surface area contributed by atoms with Gasteiger partial charge in [0.1, 0.15) is 17.9 Å². The van der Waals surface area contributed by atoms with Gasteiger partial charge in [-0.25, -0.2) is 0 Å². The largest absolute Gasteiger partial charge is 0.488 e. The number of nitrogens with one attached hydrogen (secondary N) is 2. The van der Waals surface area contributed by atoms with Gasteiger partial charge in [-0.3, -0.25) is 34.2 Å². The fraction of sp³-hybridized carbons (Fsp3) is 0.435. The van der Waals surface area contributed by atoms with E-state index in [4.69, 9.17) is 11.2 Å². The summed E-state index contributed by atoms with van der Waals surface area (Å²) in [5, 5.41) is 4.89. The van der Waals surface area contributed by atoms with Crippen molar-refractivity contribution < 1.29 is 28.7 Å². The Hall–Kier alpha value is -3.67. The molecule has 0 saturated carbocycles. The Bertz CT molecular complexity index is 996. The van der Waals surface area contributed by atoms with Crippen molar-refractivity contribution in [2.45, 2.75) is 57.6 Å². The van der Waals surface area contributed by atoms with Crippen molar-refractivity contribution in [3.8, 4) is 18.1 Å². The van der Waals surface area contributed by atoms with Gasteiger partial charge in [-0.15, -0.1) is 12.3 Å². The van der Waals surface area contributed by atoms with E-state index in [2.05, 4.69) is 16.6 Å². The Kier molecular flexibility index (Phi) is 7.25. The highest BCUT2D eigenvalue weighted by Crippen LogP contribution is 2.34. The second-order valence-corrected chi connectivity index (χ2v) is 7.75. The average molecular weight is 439 g/mol. The first-order valence-corrected chi connectivity index (χ1v) is 10.5. The number of terminal acetylenes is 1. The Morgan fingerprint density at radius 2 is 2.06 bits per heavy atom. The monoisotopic (exact) mass is 439 g/mol. The molecule has 2 aliphatic rings. The number of rotatable bonds is 9. The van der Waals surface area contributed by atoms with Gasteiger partial charge in [0.2, 0.25) is 17.7 Å². The van der Waals surface area contributed by atoms with Crippen LogP contribution in [0.5, 0.6) is 5.75 Å². The molecule has 0 aromatic heterocycles. The highest BCUT2D eigenvalue weighted by Gasteiger charge is 2.46. The molecule has 0 bridgehead atoms. The third-order valence-electron chi connectivity index (χ3n) is 5.40. The number of carbonyl (C=O) groups is 5. The van der Waals surface area contributed by atoms with Crippen LogP contribution in [0.25, 0.3) is 0 Å². The molecule has 1 fully saturated rings.